The maximum absolute atomic E-state index is 11.5. The molecule has 1 spiro atoms. The summed E-state index contributed by atoms with van der Waals surface area (Å²) in [7, 11) is -2.69. The van der Waals surface area contributed by atoms with Gasteiger partial charge in [0.2, 0.25) is 0 Å². The molecular formula is C10H18O2S. The molecule has 2 nitrogen and oxygen atoms in total. The number of hydrogen-bond donors (Lipinski definition) is 0. The maximum atomic E-state index is 11.5. The smallest absolute Gasteiger partial charge is 0.156 e. The van der Waals surface area contributed by atoms with Crippen LogP contribution in [0.25, 0.3) is 0 Å². The van der Waals surface area contributed by atoms with Crippen LogP contribution in [0.2, 0.25) is 0 Å². The van der Waals surface area contributed by atoms with Gasteiger partial charge in [-0.25, -0.2) is 8.42 Å². The molecule has 0 amide bonds. The zero-order chi connectivity index (χ0) is 9.91. The van der Waals surface area contributed by atoms with E-state index < -0.39 is 9.84 Å². The van der Waals surface area contributed by atoms with Crippen molar-refractivity contribution in [2.75, 3.05) is 5.75 Å². The van der Waals surface area contributed by atoms with Crippen molar-refractivity contribution in [1.29, 1.82) is 0 Å². The second kappa shape index (κ2) is 2.30. The first-order valence-electron chi connectivity index (χ1n) is 5.04. The number of sulfone groups is 1. The Morgan fingerprint density at radius 2 is 1.77 bits per heavy atom. The lowest BCUT2D eigenvalue weighted by Crippen LogP contribution is -2.64. The summed E-state index contributed by atoms with van der Waals surface area (Å²) >= 11 is 0. The molecular weight excluding hydrogens is 184 g/mol. The molecule has 1 aliphatic heterocycles. The normalized spacial score (nSPS) is 47.4. The fourth-order valence-corrected chi connectivity index (χ4v) is 5.00. The maximum Gasteiger partial charge on any atom is 0.156 e. The van der Waals surface area contributed by atoms with Crippen LogP contribution in [0, 0.1) is 11.3 Å². The molecule has 1 aliphatic carbocycles. The Kier molecular flexibility index (Phi) is 1.68. The van der Waals surface area contributed by atoms with Crippen LogP contribution in [0.15, 0.2) is 0 Å². The van der Waals surface area contributed by atoms with Crippen LogP contribution in [0.3, 0.4) is 0 Å². The highest BCUT2D eigenvalue weighted by atomic mass is 32.2. The minimum Gasteiger partial charge on any atom is -0.228 e. The quantitative estimate of drug-likeness (QED) is 0.651. The Bertz CT molecular complexity index is 321. The van der Waals surface area contributed by atoms with Crippen molar-refractivity contribution in [3.63, 3.8) is 0 Å². The van der Waals surface area contributed by atoms with E-state index in [1.165, 1.54) is 0 Å². The molecule has 2 aliphatic rings. The zero-order valence-electron chi connectivity index (χ0n) is 8.63. The molecule has 0 atom stereocenters. The predicted molar refractivity (Wildman–Crippen MR) is 53.3 cm³/mol. The lowest BCUT2D eigenvalue weighted by molar-refractivity contribution is 0.0325. The zero-order valence-corrected chi connectivity index (χ0v) is 9.45. The Balaban J connectivity index is 2.14. The molecule has 0 radical (unpaired) electrons. The monoisotopic (exact) mass is 202 g/mol. The topological polar surface area (TPSA) is 34.1 Å². The third kappa shape index (κ3) is 1.03. The van der Waals surface area contributed by atoms with Gasteiger partial charge in [0.25, 0.3) is 0 Å². The second-order valence-electron chi connectivity index (χ2n) is 5.41. The van der Waals surface area contributed by atoms with Gasteiger partial charge in [0.15, 0.2) is 9.84 Å². The van der Waals surface area contributed by atoms with Gasteiger partial charge in [-0.3, -0.25) is 0 Å². The molecule has 3 heteroatoms. The van der Waals surface area contributed by atoms with Crippen molar-refractivity contribution in [3.05, 3.63) is 0 Å². The van der Waals surface area contributed by atoms with Crippen molar-refractivity contribution < 1.29 is 8.42 Å². The van der Waals surface area contributed by atoms with Gasteiger partial charge in [-0.2, -0.15) is 0 Å². The van der Waals surface area contributed by atoms with E-state index in [0.29, 0.717) is 11.7 Å². The van der Waals surface area contributed by atoms with Crippen LogP contribution >= 0.6 is 0 Å². The van der Waals surface area contributed by atoms with Gasteiger partial charge in [0, 0.05) is 0 Å². The second-order valence-corrected chi connectivity index (χ2v) is 7.92. The van der Waals surface area contributed by atoms with Gasteiger partial charge in [-0.15, -0.1) is 0 Å². The summed E-state index contributed by atoms with van der Waals surface area (Å²) in [5.74, 6) is 1.04. The third-order valence-corrected chi connectivity index (χ3v) is 6.89. The third-order valence-electron chi connectivity index (χ3n) is 4.33. The van der Waals surface area contributed by atoms with Crippen LogP contribution in [-0.2, 0) is 9.84 Å². The summed E-state index contributed by atoms with van der Waals surface area (Å²) in [4.78, 5) is 0. The summed E-state index contributed by atoms with van der Waals surface area (Å²) < 4.78 is 22.8. The first kappa shape index (κ1) is 9.50. The molecule has 0 aromatic heterocycles. The Hall–Kier alpha value is -0.0500. The molecule has 2 rings (SSSR count). The number of rotatable bonds is 1. The van der Waals surface area contributed by atoms with E-state index in [1.807, 2.05) is 0 Å². The molecule has 1 heterocycles. The van der Waals surface area contributed by atoms with Crippen LogP contribution in [0.5, 0.6) is 0 Å². The van der Waals surface area contributed by atoms with Crippen molar-refractivity contribution in [2.45, 2.75) is 44.8 Å². The summed E-state index contributed by atoms with van der Waals surface area (Å²) in [6, 6.07) is 0. The average Bonchev–Trinajstić information content (AvgIpc) is 1.95. The van der Waals surface area contributed by atoms with Gasteiger partial charge in [-0.05, 0) is 30.6 Å². The van der Waals surface area contributed by atoms with Gasteiger partial charge >= 0.3 is 0 Å². The van der Waals surface area contributed by atoms with E-state index in [1.54, 1.807) is 0 Å². The van der Waals surface area contributed by atoms with Crippen LogP contribution in [-0.4, -0.2) is 18.9 Å². The van der Waals surface area contributed by atoms with Crippen LogP contribution in [0.1, 0.15) is 40.0 Å². The van der Waals surface area contributed by atoms with E-state index >= 15 is 0 Å². The van der Waals surface area contributed by atoms with E-state index in [4.69, 9.17) is 0 Å². The largest absolute Gasteiger partial charge is 0.228 e. The first-order chi connectivity index (χ1) is 5.81. The van der Waals surface area contributed by atoms with Gasteiger partial charge in [0.1, 0.15) is 0 Å². The van der Waals surface area contributed by atoms with Gasteiger partial charge in [0.05, 0.1) is 10.5 Å². The van der Waals surface area contributed by atoms with E-state index in [0.717, 1.165) is 19.3 Å². The van der Waals surface area contributed by atoms with Crippen molar-refractivity contribution in [3.8, 4) is 0 Å². The minimum absolute atomic E-state index is 0.272. The molecule has 0 aromatic rings. The van der Waals surface area contributed by atoms with Crippen LogP contribution in [0.4, 0.5) is 0 Å². The lowest BCUT2D eigenvalue weighted by Gasteiger charge is -2.60. The fourth-order valence-electron chi connectivity index (χ4n) is 2.78. The van der Waals surface area contributed by atoms with E-state index in [9.17, 15) is 8.42 Å². The molecule has 1 saturated heterocycles. The van der Waals surface area contributed by atoms with Crippen LogP contribution < -0.4 is 0 Å². The Labute approximate surface area is 80.6 Å². The van der Waals surface area contributed by atoms with Gasteiger partial charge < -0.3 is 0 Å². The predicted octanol–water partition coefficient (Wildman–Crippen LogP) is 2.00. The van der Waals surface area contributed by atoms with Crippen molar-refractivity contribution in [1.82, 2.24) is 0 Å². The minimum atomic E-state index is -2.69. The van der Waals surface area contributed by atoms with E-state index in [2.05, 4.69) is 20.8 Å². The van der Waals surface area contributed by atoms with Crippen molar-refractivity contribution in [2.24, 2.45) is 11.3 Å². The Morgan fingerprint density at radius 3 is 2.00 bits per heavy atom. The SMILES string of the molecule is CC(C)C1(C)CC2(CCS2(=O)=O)C1. The van der Waals surface area contributed by atoms with Gasteiger partial charge in [-0.1, -0.05) is 20.8 Å². The average molecular weight is 202 g/mol. The molecule has 1 saturated carbocycles. The van der Waals surface area contributed by atoms with E-state index in [-0.39, 0.29) is 10.2 Å². The number of hydrogen-bond acceptors (Lipinski definition) is 2. The summed E-state index contributed by atoms with van der Waals surface area (Å²) in [5.41, 5.74) is 0.285. The molecule has 0 bridgehead atoms. The first-order valence-corrected chi connectivity index (χ1v) is 6.69. The van der Waals surface area contributed by atoms with Crippen molar-refractivity contribution >= 4 is 9.84 Å². The highest BCUT2D eigenvalue weighted by Crippen LogP contribution is 2.61. The highest BCUT2D eigenvalue weighted by Gasteiger charge is 2.64. The standard InChI is InChI=1S/C10H18O2S/c1-8(2)9(3)6-10(7-9)4-5-13(10,11)12/h8H,4-7H2,1-3H3. The fraction of sp³-hybridized carbons (Fsp3) is 1.00. The molecule has 0 aromatic carbocycles. The lowest BCUT2D eigenvalue weighted by atomic mass is 9.56. The Morgan fingerprint density at radius 1 is 1.23 bits per heavy atom. The molecule has 76 valence electrons. The highest BCUT2D eigenvalue weighted by molar-refractivity contribution is 7.94. The summed E-state index contributed by atoms with van der Waals surface area (Å²) in [6.45, 7) is 6.60. The molecule has 0 unspecified atom stereocenters. The molecule has 2 fully saturated rings. The molecule has 13 heavy (non-hydrogen) atoms. The molecule has 0 N–H and O–H groups in total. The summed E-state index contributed by atoms with van der Waals surface area (Å²) in [5, 5.41) is 0. The summed E-state index contributed by atoms with van der Waals surface area (Å²) in [6.07, 6.45) is 2.72.